The van der Waals surface area contributed by atoms with Crippen LogP contribution in [0, 0.1) is 11.3 Å². The van der Waals surface area contributed by atoms with Gasteiger partial charge in [-0.3, -0.25) is 9.69 Å². The molecule has 29 heavy (non-hydrogen) atoms. The van der Waals surface area contributed by atoms with Crippen molar-refractivity contribution >= 4 is 34.0 Å². The summed E-state index contributed by atoms with van der Waals surface area (Å²) in [5, 5.41) is 28.6. The van der Waals surface area contributed by atoms with Crippen molar-refractivity contribution in [1.82, 2.24) is 10.2 Å². The van der Waals surface area contributed by atoms with Crippen LogP contribution in [0.15, 0.2) is 51.3 Å². The molecule has 1 unspecified atom stereocenters. The zero-order valence-corrected chi connectivity index (χ0v) is 17.4. The van der Waals surface area contributed by atoms with Gasteiger partial charge in [-0.15, -0.1) is 10.2 Å². The zero-order valence-electron chi connectivity index (χ0n) is 15.8. The molecule has 0 fully saturated rings. The van der Waals surface area contributed by atoms with Gasteiger partial charge in [0.1, 0.15) is 11.6 Å². The highest BCUT2D eigenvalue weighted by atomic mass is 32.2. The van der Waals surface area contributed by atoms with Crippen molar-refractivity contribution in [3.63, 3.8) is 0 Å². The van der Waals surface area contributed by atoms with Crippen molar-refractivity contribution in [3.8, 4) is 11.8 Å². The van der Waals surface area contributed by atoms with Crippen molar-refractivity contribution in [2.75, 3.05) is 10.7 Å². The first-order chi connectivity index (χ1) is 14.0. The highest BCUT2D eigenvalue weighted by Crippen LogP contribution is 2.47. The number of phenolic OH excluding ortho intramolecular Hbond substituents is 1. The van der Waals surface area contributed by atoms with Gasteiger partial charge in [0.15, 0.2) is 10.1 Å². The van der Waals surface area contributed by atoms with Gasteiger partial charge in [0.25, 0.3) is 0 Å². The van der Waals surface area contributed by atoms with Crippen LogP contribution in [0.4, 0.5) is 5.13 Å². The molecule has 7 nitrogen and oxygen atoms in total. The van der Waals surface area contributed by atoms with Crippen LogP contribution in [-0.2, 0) is 4.79 Å². The lowest BCUT2D eigenvalue weighted by Crippen LogP contribution is -2.38. The molecule has 0 saturated carbocycles. The molecule has 1 aromatic heterocycles. The number of thioether (sulfide) groups is 1. The molecule has 0 spiro atoms. The Kier molecular flexibility index (Phi) is 5.30. The number of hydrogen-bond acceptors (Lipinski definition) is 9. The lowest BCUT2D eigenvalue weighted by molar-refractivity contribution is -0.116. The molecule has 0 saturated heterocycles. The van der Waals surface area contributed by atoms with Gasteiger partial charge in [-0.2, -0.15) is 5.26 Å². The summed E-state index contributed by atoms with van der Waals surface area (Å²) < 4.78 is 0.818. The molecule has 2 aliphatic rings. The maximum atomic E-state index is 13.0. The van der Waals surface area contributed by atoms with Gasteiger partial charge in [0, 0.05) is 17.7 Å². The topological polar surface area (TPSA) is 116 Å². The van der Waals surface area contributed by atoms with Gasteiger partial charge >= 0.3 is 0 Å². The number of benzene rings is 1. The number of ketones is 1. The summed E-state index contributed by atoms with van der Waals surface area (Å²) >= 11 is 2.99. The number of phenols is 1. The maximum absolute atomic E-state index is 13.0. The fraction of sp³-hybridized carbons (Fsp3) is 0.300. The third-order valence-corrected chi connectivity index (χ3v) is 6.92. The molecule has 9 heteroatoms. The van der Waals surface area contributed by atoms with E-state index in [2.05, 4.69) is 16.3 Å². The van der Waals surface area contributed by atoms with Gasteiger partial charge in [0.05, 0.1) is 17.6 Å². The molecule has 2 heterocycles. The Labute approximate surface area is 176 Å². The predicted molar refractivity (Wildman–Crippen MR) is 112 cm³/mol. The number of anilines is 1. The standard InChI is InChI=1S/C20H19N5O2S2/c1-2-28-20-24-23-19(29-20)25-14-4-3-5-15(27)17(14)16(13(10-21)18(25)22)11-6-8-12(26)9-7-11/h6-9,16,26H,2-5,22H2,1H3. The lowest BCUT2D eigenvalue weighted by Gasteiger charge is -2.38. The summed E-state index contributed by atoms with van der Waals surface area (Å²) in [7, 11) is 0. The molecule has 1 aromatic carbocycles. The Bertz CT molecular complexity index is 1070. The highest BCUT2D eigenvalue weighted by molar-refractivity contribution is 8.01. The quantitative estimate of drug-likeness (QED) is 0.713. The normalized spacial score (nSPS) is 19.4. The lowest BCUT2D eigenvalue weighted by atomic mass is 9.76. The second-order valence-electron chi connectivity index (χ2n) is 6.69. The van der Waals surface area contributed by atoms with Crippen LogP contribution in [0.5, 0.6) is 5.75 Å². The highest BCUT2D eigenvalue weighted by Gasteiger charge is 2.41. The minimum atomic E-state index is -0.544. The van der Waals surface area contributed by atoms with Crippen LogP contribution >= 0.6 is 23.1 Å². The van der Waals surface area contributed by atoms with Crippen LogP contribution in [-0.4, -0.2) is 26.8 Å². The number of nitrogens with two attached hydrogens (primary N) is 1. The first-order valence-electron chi connectivity index (χ1n) is 9.26. The van der Waals surface area contributed by atoms with Crippen LogP contribution in [0.1, 0.15) is 37.7 Å². The van der Waals surface area contributed by atoms with E-state index in [-0.39, 0.29) is 17.4 Å². The van der Waals surface area contributed by atoms with E-state index in [9.17, 15) is 15.2 Å². The fourth-order valence-electron chi connectivity index (χ4n) is 3.78. The average molecular weight is 426 g/mol. The molecule has 0 amide bonds. The number of nitriles is 1. The largest absolute Gasteiger partial charge is 0.508 e. The van der Waals surface area contributed by atoms with Crippen LogP contribution < -0.4 is 10.6 Å². The van der Waals surface area contributed by atoms with Crippen molar-refractivity contribution in [3.05, 3.63) is 52.5 Å². The molecule has 3 N–H and O–H groups in total. The molecular formula is C20H19N5O2S2. The first-order valence-corrected chi connectivity index (χ1v) is 11.1. The number of nitrogens with zero attached hydrogens (tertiary/aromatic N) is 4. The number of aromatic nitrogens is 2. The molecule has 4 rings (SSSR count). The minimum absolute atomic E-state index is 0.0160. The molecule has 0 bridgehead atoms. The number of rotatable bonds is 4. The summed E-state index contributed by atoms with van der Waals surface area (Å²) in [5.74, 6) is 0.752. The Hall–Kier alpha value is -2.83. The average Bonchev–Trinajstić information content (AvgIpc) is 3.16. The SMILES string of the molecule is CCSc1nnc(N2C(N)=C(C#N)C(c3ccc(O)cc3)C3=C2CCCC3=O)s1. The van der Waals surface area contributed by atoms with E-state index in [1.807, 2.05) is 6.92 Å². The van der Waals surface area contributed by atoms with E-state index in [0.717, 1.165) is 27.8 Å². The molecule has 1 atom stereocenters. The van der Waals surface area contributed by atoms with Crippen molar-refractivity contribution in [2.45, 2.75) is 36.4 Å². The third-order valence-electron chi connectivity index (χ3n) is 4.99. The van der Waals surface area contributed by atoms with Crippen LogP contribution in [0.25, 0.3) is 0 Å². The summed E-state index contributed by atoms with van der Waals surface area (Å²) in [6.45, 7) is 2.04. The Morgan fingerprint density at radius 3 is 2.79 bits per heavy atom. The van der Waals surface area contributed by atoms with Crippen LogP contribution in [0.2, 0.25) is 0 Å². The Balaban J connectivity index is 1.90. The van der Waals surface area contributed by atoms with Crippen molar-refractivity contribution in [1.29, 1.82) is 5.26 Å². The van der Waals surface area contributed by atoms with E-state index < -0.39 is 5.92 Å². The summed E-state index contributed by atoms with van der Waals surface area (Å²) in [4.78, 5) is 14.7. The fourth-order valence-corrected chi connectivity index (χ4v) is 5.56. The molecule has 2 aromatic rings. The Morgan fingerprint density at radius 2 is 2.10 bits per heavy atom. The molecular weight excluding hydrogens is 406 g/mol. The molecule has 1 aliphatic carbocycles. The summed E-state index contributed by atoms with van der Waals surface area (Å²) in [6.07, 6.45) is 1.83. The number of allylic oxidation sites excluding steroid dienone is 3. The van der Waals surface area contributed by atoms with E-state index in [0.29, 0.717) is 29.1 Å². The van der Waals surface area contributed by atoms with Gasteiger partial charge < -0.3 is 10.8 Å². The van der Waals surface area contributed by atoms with Gasteiger partial charge in [-0.1, -0.05) is 42.2 Å². The monoisotopic (exact) mass is 425 g/mol. The molecule has 0 radical (unpaired) electrons. The second-order valence-corrected chi connectivity index (χ2v) is 9.16. The number of carbonyl (C=O) groups excluding carboxylic acids is 1. The van der Waals surface area contributed by atoms with Gasteiger partial charge in [-0.25, -0.2) is 0 Å². The molecule has 148 valence electrons. The Morgan fingerprint density at radius 1 is 1.34 bits per heavy atom. The van der Waals surface area contributed by atoms with Gasteiger partial charge in [-0.05, 0) is 36.3 Å². The molecule has 1 aliphatic heterocycles. The third kappa shape index (κ3) is 3.39. The van der Waals surface area contributed by atoms with E-state index in [1.54, 1.807) is 40.9 Å². The van der Waals surface area contributed by atoms with E-state index >= 15 is 0 Å². The zero-order chi connectivity index (χ0) is 20.5. The smallest absolute Gasteiger partial charge is 0.219 e. The predicted octanol–water partition coefficient (Wildman–Crippen LogP) is 3.66. The second kappa shape index (κ2) is 7.89. The number of aromatic hydroxyl groups is 1. The summed E-state index contributed by atoms with van der Waals surface area (Å²) in [5.41, 5.74) is 8.93. The van der Waals surface area contributed by atoms with E-state index in [4.69, 9.17) is 5.73 Å². The maximum Gasteiger partial charge on any atom is 0.219 e. The number of carbonyl (C=O) groups is 1. The van der Waals surface area contributed by atoms with Crippen molar-refractivity contribution in [2.24, 2.45) is 5.73 Å². The number of Topliss-reactive ketones (excluding diaryl/α,β-unsaturated/α-hetero) is 1. The first kappa shape index (κ1) is 19.5. The summed E-state index contributed by atoms with van der Waals surface area (Å²) in [6, 6.07) is 8.79. The van der Waals surface area contributed by atoms with Crippen molar-refractivity contribution < 1.29 is 9.90 Å². The van der Waals surface area contributed by atoms with E-state index in [1.165, 1.54) is 11.3 Å². The minimum Gasteiger partial charge on any atom is -0.508 e. The number of hydrogen-bond donors (Lipinski definition) is 2. The van der Waals surface area contributed by atoms with Crippen LogP contribution in [0.3, 0.4) is 0 Å². The van der Waals surface area contributed by atoms with Gasteiger partial charge in [0.2, 0.25) is 5.13 Å².